The first-order valence-corrected chi connectivity index (χ1v) is 21.7. The highest BCUT2D eigenvalue weighted by molar-refractivity contribution is 6.36. The van der Waals surface area contributed by atoms with Crippen LogP contribution in [0.15, 0.2) is 205 Å². The predicted molar refractivity (Wildman–Crippen MR) is 264 cm³/mol. The van der Waals surface area contributed by atoms with Crippen molar-refractivity contribution in [1.82, 2.24) is 23.5 Å². The van der Waals surface area contributed by atoms with Crippen molar-refractivity contribution in [2.24, 2.45) is 0 Å². The van der Waals surface area contributed by atoms with E-state index in [1.807, 2.05) is 12.1 Å². The second-order valence-electron chi connectivity index (χ2n) is 16.9. The van der Waals surface area contributed by atoms with Crippen molar-refractivity contribution in [2.75, 3.05) is 0 Å². The van der Waals surface area contributed by atoms with E-state index in [0.717, 1.165) is 60.9 Å². The Balaban J connectivity index is 1.07. The second kappa shape index (κ2) is 12.4. The molecule has 0 saturated heterocycles. The number of hydrogen-bond donors (Lipinski definition) is 0. The molecule has 0 atom stereocenters. The van der Waals surface area contributed by atoms with Gasteiger partial charge < -0.3 is 13.4 Å². The number of para-hydroxylation sites is 5. The van der Waals surface area contributed by atoms with Gasteiger partial charge in [-0.05, 0) is 77.9 Å². The summed E-state index contributed by atoms with van der Waals surface area (Å²) in [5.74, 6) is 1.39. The maximum atomic E-state index is 6.69. The van der Waals surface area contributed by atoms with Crippen LogP contribution in [0.2, 0.25) is 0 Å². The molecule has 6 heterocycles. The zero-order chi connectivity index (χ0) is 41.6. The summed E-state index contributed by atoms with van der Waals surface area (Å²) < 4.78 is 13.9. The maximum Gasteiger partial charge on any atom is 0.233 e. The average Bonchev–Trinajstić information content (AvgIpc) is 4.16. The predicted octanol–water partition coefficient (Wildman–Crippen LogP) is 15.1. The van der Waals surface area contributed by atoms with Crippen LogP contribution in [0.25, 0.3) is 138 Å². The van der Waals surface area contributed by atoms with Crippen LogP contribution in [0.3, 0.4) is 0 Å². The minimum atomic E-state index is 0.556. The van der Waals surface area contributed by atoms with Crippen LogP contribution in [0.4, 0.5) is 0 Å². The molecule has 0 aliphatic rings. The number of rotatable bonds is 4. The van der Waals surface area contributed by atoms with Gasteiger partial charge in [-0.25, -0.2) is 4.98 Å². The maximum absolute atomic E-state index is 6.69. The lowest BCUT2D eigenvalue weighted by atomic mass is 10.0. The molecule has 6 heteroatoms. The fraction of sp³-hybridized carbons (Fsp3) is 0. The van der Waals surface area contributed by atoms with Gasteiger partial charge in [0.2, 0.25) is 5.71 Å². The molecule has 64 heavy (non-hydrogen) atoms. The lowest BCUT2D eigenvalue weighted by Gasteiger charge is -2.11. The molecule has 0 saturated carbocycles. The average molecular weight is 816 g/mol. The molecule has 0 fully saturated rings. The van der Waals surface area contributed by atoms with Crippen molar-refractivity contribution in [3.63, 3.8) is 0 Å². The van der Waals surface area contributed by atoms with Gasteiger partial charge in [0, 0.05) is 59.7 Å². The van der Waals surface area contributed by atoms with Crippen LogP contribution in [-0.2, 0) is 0 Å². The van der Waals surface area contributed by atoms with E-state index in [2.05, 4.69) is 202 Å². The smallest absolute Gasteiger partial charge is 0.233 e. The third kappa shape index (κ3) is 4.43. The Bertz CT molecular complexity index is 4420. The Kier molecular flexibility index (Phi) is 6.59. The van der Waals surface area contributed by atoms with Crippen LogP contribution < -0.4 is 0 Å². The molecule has 0 radical (unpaired) electrons. The number of hydrogen-bond acceptors (Lipinski definition) is 3. The van der Waals surface area contributed by atoms with Gasteiger partial charge in [0.1, 0.15) is 5.58 Å². The topological polar surface area (TPSA) is 53.2 Å². The van der Waals surface area contributed by atoms with Crippen molar-refractivity contribution in [3.05, 3.63) is 200 Å². The lowest BCUT2D eigenvalue weighted by Crippen LogP contribution is -2.02. The fourth-order valence-electron chi connectivity index (χ4n) is 10.9. The van der Waals surface area contributed by atoms with E-state index < -0.39 is 0 Å². The van der Waals surface area contributed by atoms with Gasteiger partial charge in [-0.3, -0.25) is 4.57 Å². The molecule has 0 aliphatic carbocycles. The largest absolute Gasteiger partial charge is 0.437 e. The van der Waals surface area contributed by atoms with Crippen LogP contribution in [0.1, 0.15) is 0 Å². The molecule has 0 unspecified atom stereocenters. The molecular formula is C58H33N5O. The van der Waals surface area contributed by atoms with Crippen LogP contribution in [-0.4, -0.2) is 23.5 Å². The van der Waals surface area contributed by atoms with Crippen molar-refractivity contribution in [1.29, 1.82) is 0 Å². The Morgan fingerprint density at radius 3 is 1.78 bits per heavy atom. The van der Waals surface area contributed by atoms with E-state index >= 15 is 0 Å². The standard InChI is InChI=1S/C58H33N5O/c1-3-15-34(16-4-1)35-27-29-39-44-33-50-52(53-41-21-9-12-24-46(41)62(55(44)53)49(39)32-35)40-20-8-13-25-47(40)63(50)57-54-42-22-10-14-26-51(42)64-58(54)60-56(59-57)36-28-30-48-43(31-36)38-19-7-11-23-45(38)61(48)37-17-5-2-6-18-37/h1-33H. The van der Waals surface area contributed by atoms with Gasteiger partial charge in [-0.1, -0.05) is 133 Å². The second-order valence-corrected chi connectivity index (χ2v) is 16.9. The minimum Gasteiger partial charge on any atom is -0.437 e. The third-order valence-electron chi connectivity index (χ3n) is 13.6. The zero-order valence-corrected chi connectivity index (χ0v) is 34.2. The molecule has 0 N–H and O–H groups in total. The summed E-state index contributed by atoms with van der Waals surface area (Å²) in [6.07, 6.45) is 0. The molecule has 15 aromatic rings. The SMILES string of the molecule is c1ccc(-c2ccc3c4cc5c(c6ccccc6n5-c5nc(-c6ccc7c(c6)c6ccccc6n7-c6ccccc6)nc6oc7ccccc7c56)c5c6ccccc6n(c3c2)c45)cc1. The Morgan fingerprint density at radius 2 is 0.969 bits per heavy atom. The molecule has 9 aromatic carbocycles. The molecular weight excluding hydrogens is 783 g/mol. The van der Waals surface area contributed by atoms with Gasteiger partial charge in [0.25, 0.3) is 0 Å². The monoisotopic (exact) mass is 815 g/mol. The van der Waals surface area contributed by atoms with Gasteiger partial charge in [-0.15, -0.1) is 0 Å². The summed E-state index contributed by atoms with van der Waals surface area (Å²) in [7, 11) is 0. The highest BCUT2D eigenvalue weighted by Crippen LogP contribution is 2.48. The third-order valence-corrected chi connectivity index (χ3v) is 13.6. The Hall–Kier alpha value is -8.74. The van der Waals surface area contributed by atoms with Crippen molar-refractivity contribution in [2.45, 2.75) is 0 Å². The molecule has 0 amide bonds. The molecule has 6 aromatic heterocycles. The molecule has 6 nitrogen and oxygen atoms in total. The van der Waals surface area contributed by atoms with E-state index in [1.165, 1.54) is 65.4 Å². The van der Waals surface area contributed by atoms with E-state index in [9.17, 15) is 0 Å². The first-order valence-electron chi connectivity index (χ1n) is 21.7. The first kappa shape index (κ1) is 33.9. The molecule has 15 rings (SSSR count). The number of furan rings is 1. The van der Waals surface area contributed by atoms with Gasteiger partial charge in [0.05, 0.1) is 44.0 Å². The zero-order valence-electron chi connectivity index (χ0n) is 34.2. The fourth-order valence-corrected chi connectivity index (χ4v) is 10.9. The van der Waals surface area contributed by atoms with E-state index in [0.29, 0.717) is 11.5 Å². The Morgan fingerprint density at radius 1 is 0.344 bits per heavy atom. The van der Waals surface area contributed by atoms with Crippen molar-refractivity contribution < 1.29 is 4.42 Å². The summed E-state index contributed by atoms with van der Waals surface area (Å²) in [5.41, 5.74) is 13.8. The molecule has 0 aliphatic heterocycles. The van der Waals surface area contributed by atoms with Crippen LogP contribution in [0.5, 0.6) is 0 Å². The quantitative estimate of drug-likeness (QED) is 0.178. The highest BCUT2D eigenvalue weighted by atomic mass is 16.3. The van der Waals surface area contributed by atoms with Crippen molar-refractivity contribution in [3.8, 4) is 34.0 Å². The first-order chi connectivity index (χ1) is 31.8. The number of nitrogens with zero attached hydrogens (tertiary/aromatic N) is 5. The number of benzene rings is 9. The highest BCUT2D eigenvalue weighted by Gasteiger charge is 2.27. The summed E-state index contributed by atoms with van der Waals surface area (Å²) >= 11 is 0. The van der Waals surface area contributed by atoms with Gasteiger partial charge in [0.15, 0.2) is 11.6 Å². The number of fused-ring (bicyclic) bond motifs is 16. The van der Waals surface area contributed by atoms with Crippen molar-refractivity contribution >= 4 is 104 Å². The summed E-state index contributed by atoms with van der Waals surface area (Å²) in [6, 6.07) is 71.7. The normalized spacial score (nSPS) is 12.4. The summed E-state index contributed by atoms with van der Waals surface area (Å²) in [6.45, 7) is 0. The van der Waals surface area contributed by atoms with E-state index in [4.69, 9.17) is 14.4 Å². The molecule has 0 bridgehead atoms. The lowest BCUT2D eigenvalue weighted by molar-refractivity contribution is 0.653. The van der Waals surface area contributed by atoms with E-state index in [1.54, 1.807) is 0 Å². The minimum absolute atomic E-state index is 0.556. The van der Waals surface area contributed by atoms with Gasteiger partial charge in [-0.2, -0.15) is 4.98 Å². The van der Waals surface area contributed by atoms with Crippen LogP contribution >= 0.6 is 0 Å². The molecule has 0 spiro atoms. The van der Waals surface area contributed by atoms with Gasteiger partial charge >= 0.3 is 0 Å². The summed E-state index contributed by atoms with van der Waals surface area (Å²) in [5, 5.41) is 11.5. The van der Waals surface area contributed by atoms with Crippen LogP contribution in [0, 0.1) is 0 Å². The van der Waals surface area contributed by atoms with E-state index in [-0.39, 0.29) is 0 Å². The number of aromatic nitrogens is 5. The molecule has 296 valence electrons. The Labute approximate surface area is 364 Å². The summed E-state index contributed by atoms with van der Waals surface area (Å²) in [4.78, 5) is 10.9.